The van der Waals surface area contributed by atoms with Gasteiger partial charge in [-0.25, -0.2) is 4.79 Å². The van der Waals surface area contributed by atoms with Crippen molar-refractivity contribution in [1.82, 2.24) is 10.2 Å². The number of ether oxygens (including phenoxy) is 2. The summed E-state index contributed by atoms with van der Waals surface area (Å²) in [5.41, 5.74) is 2.42. The van der Waals surface area contributed by atoms with Gasteiger partial charge in [-0.15, -0.1) is 5.10 Å². The van der Waals surface area contributed by atoms with E-state index in [2.05, 4.69) is 15.5 Å². The number of anilines is 1. The van der Waals surface area contributed by atoms with Gasteiger partial charge >= 0.3 is 12.0 Å². The van der Waals surface area contributed by atoms with Crippen LogP contribution in [-0.2, 0) is 14.3 Å². The van der Waals surface area contributed by atoms with Crippen molar-refractivity contribution in [1.29, 1.82) is 0 Å². The first kappa shape index (κ1) is 22.5. The van der Waals surface area contributed by atoms with Gasteiger partial charge in [0.25, 0.3) is 5.91 Å². The van der Waals surface area contributed by atoms with E-state index in [-0.39, 0.29) is 11.9 Å². The molecule has 0 saturated carbocycles. The number of amides is 1. The molecule has 34 heavy (non-hydrogen) atoms. The molecule has 0 radical (unpaired) electrons. The van der Waals surface area contributed by atoms with Crippen LogP contribution in [0.4, 0.5) is 6.01 Å². The summed E-state index contributed by atoms with van der Waals surface area (Å²) in [6, 6.07) is 25.4. The third-order valence-corrected chi connectivity index (χ3v) is 4.74. The van der Waals surface area contributed by atoms with E-state index in [1.54, 1.807) is 43.5 Å². The summed E-state index contributed by atoms with van der Waals surface area (Å²) in [7, 11) is 1.57. The smallest absolute Gasteiger partial charge is 0.339 e. The molecule has 0 fully saturated rings. The summed E-state index contributed by atoms with van der Waals surface area (Å²) in [5, 5.41) is 10.1. The lowest BCUT2D eigenvalue weighted by Gasteiger charge is -2.09. The lowest BCUT2D eigenvalue weighted by atomic mass is 10.0. The van der Waals surface area contributed by atoms with E-state index < -0.39 is 18.5 Å². The van der Waals surface area contributed by atoms with Gasteiger partial charge in [-0.2, -0.15) is 0 Å². The van der Waals surface area contributed by atoms with Gasteiger partial charge in [-0.3, -0.25) is 10.1 Å². The molecule has 4 aromatic rings. The second kappa shape index (κ2) is 10.7. The molecule has 8 nitrogen and oxygen atoms in total. The fraction of sp³-hybridized carbons (Fsp3) is 0.0769. The summed E-state index contributed by atoms with van der Waals surface area (Å²) in [5.74, 6) is -0.339. The maximum Gasteiger partial charge on any atom is 0.339 e. The van der Waals surface area contributed by atoms with Crippen molar-refractivity contribution < 1.29 is 23.5 Å². The average molecular weight is 455 g/mol. The van der Waals surface area contributed by atoms with Crippen molar-refractivity contribution >= 4 is 29.5 Å². The molecule has 170 valence electrons. The van der Waals surface area contributed by atoms with Crippen LogP contribution < -0.4 is 10.1 Å². The number of nitrogens with zero attached hydrogens (tertiary/aromatic N) is 2. The topological polar surface area (TPSA) is 104 Å². The summed E-state index contributed by atoms with van der Waals surface area (Å²) >= 11 is 0. The summed E-state index contributed by atoms with van der Waals surface area (Å²) in [6.45, 7) is -0.524. The third kappa shape index (κ3) is 5.74. The Morgan fingerprint density at radius 3 is 2.41 bits per heavy atom. The van der Waals surface area contributed by atoms with Crippen LogP contribution in [0.25, 0.3) is 23.1 Å². The minimum atomic E-state index is -0.653. The lowest BCUT2D eigenvalue weighted by molar-refractivity contribution is -0.141. The second-order valence-electron chi connectivity index (χ2n) is 7.10. The number of hydrogen-bond donors (Lipinski definition) is 1. The second-order valence-corrected chi connectivity index (χ2v) is 7.10. The number of carbonyl (C=O) groups is 2. The Morgan fingerprint density at radius 2 is 1.68 bits per heavy atom. The average Bonchev–Trinajstić information content (AvgIpc) is 3.35. The van der Waals surface area contributed by atoms with Gasteiger partial charge in [0.05, 0.1) is 12.7 Å². The molecule has 1 amide bonds. The number of hydrogen-bond acceptors (Lipinski definition) is 7. The SMILES string of the molecule is COc1cccc(C=C(C(=O)OCC(=O)Nc2nnc(-c3ccccc3)o2)c2ccccc2)c1. The van der Waals surface area contributed by atoms with Crippen molar-refractivity contribution in [2.75, 3.05) is 19.0 Å². The highest BCUT2D eigenvalue weighted by molar-refractivity contribution is 6.22. The van der Waals surface area contributed by atoms with Crippen molar-refractivity contribution in [3.05, 3.63) is 96.1 Å². The van der Waals surface area contributed by atoms with Crippen LogP contribution >= 0.6 is 0 Å². The molecule has 0 aliphatic heterocycles. The highest BCUT2D eigenvalue weighted by atomic mass is 16.5. The van der Waals surface area contributed by atoms with Crippen molar-refractivity contribution in [3.63, 3.8) is 0 Å². The van der Waals surface area contributed by atoms with Crippen LogP contribution in [-0.4, -0.2) is 35.8 Å². The van der Waals surface area contributed by atoms with Gasteiger partial charge < -0.3 is 13.9 Å². The Kier molecular flexibility index (Phi) is 7.09. The van der Waals surface area contributed by atoms with Crippen LogP contribution in [0.1, 0.15) is 11.1 Å². The zero-order valence-electron chi connectivity index (χ0n) is 18.3. The number of rotatable bonds is 8. The van der Waals surface area contributed by atoms with Crippen LogP contribution in [0.2, 0.25) is 0 Å². The maximum atomic E-state index is 12.9. The first-order valence-corrected chi connectivity index (χ1v) is 10.4. The molecule has 1 heterocycles. The molecule has 0 atom stereocenters. The molecule has 1 aromatic heterocycles. The number of benzene rings is 3. The largest absolute Gasteiger partial charge is 0.497 e. The zero-order valence-corrected chi connectivity index (χ0v) is 18.3. The van der Waals surface area contributed by atoms with E-state index in [1.807, 2.05) is 54.6 Å². The molecule has 0 spiro atoms. The third-order valence-electron chi connectivity index (χ3n) is 4.74. The Bertz CT molecular complexity index is 1300. The van der Waals surface area contributed by atoms with Crippen LogP contribution in [0.3, 0.4) is 0 Å². The van der Waals surface area contributed by atoms with Gasteiger partial charge in [0, 0.05) is 5.56 Å². The van der Waals surface area contributed by atoms with Crippen molar-refractivity contribution in [2.45, 2.75) is 0 Å². The molecule has 8 heteroatoms. The molecule has 0 aliphatic rings. The fourth-order valence-corrected chi connectivity index (χ4v) is 3.11. The van der Waals surface area contributed by atoms with Crippen molar-refractivity contribution in [3.8, 4) is 17.2 Å². The summed E-state index contributed by atoms with van der Waals surface area (Å²) in [6.07, 6.45) is 1.68. The van der Waals surface area contributed by atoms with E-state index in [4.69, 9.17) is 13.9 Å². The van der Waals surface area contributed by atoms with E-state index >= 15 is 0 Å². The quantitative estimate of drug-likeness (QED) is 0.238. The number of nitrogens with one attached hydrogen (secondary N) is 1. The standard InChI is InChI=1S/C26H21N3O5/c1-32-21-14-8-9-18(15-21)16-22(19-10-4-2-5-11-19)25(31)33-17-23(30)27-26-29-28-24(34-26)20-12-6-3-7-13-20/h2-16H,17H2,1H3,(H,27,29,30). The van der Waals surface area contributed by atoms with Gasteiger partial charge in [0.2, 0.25) is 5.89 Å². The molecule has 3 aromatic carbocycles. The first-order chi connectivity index (χ1) is 16.6. The van der Waals surface area contributed by atoms with E-state index in [0.717, 1.165) is 11.1 Å². The van der Waals surface area contributed by atoms with Crippen LogP contribution in [0, 0.1) is 0 Å². The highest BCUT2D eigenvalue weighted by Gasteiger charge is 2.17. The highest BCUT2D eigenvalue weighted by Crippen LogP contribution is 2.23. The number of carbonyl (C=O) groups excluding carboxylic acids is 2. The van der Waals surface area contributed by atoms with E-state index in [1.165, 1.54) is 0 Å². The van der Waals surface area contributed by atoms with Gasteiger partial charge in [0.1, 0.15) is 5.75 Å². The molecule has 0 unspecified atom stereocenters. The molecular formula is C26H21N3O5. The minimum Gasteiger partial charge on any atom is -0.497 e. The monoisotopic (exact) mass is 455 g/mol. The van der Waals surface area contributed by atoms with Crippen molar-refractivity contribution in [2.24, 2.45) is 0 Å². The number of esters is 1. The van der Waals surface area contributed by atoms with Gasteiger partial charge in [0.15, 0.2) is 6.61 Å². The van der Waals surface area contributed by atoms with Gasteiger partial charge in [-0.1, -0.05) is 65.8 Å². The molecule has 0 bridgehead atoms. The molecule has 1 N–H and O–H groups in total. The molecule has 0 saturated heterocycles. The van der Waals surface area contributed by atoms with Crippen LogP contribution in [0.5, 0.6) is 5.75 Å². The predicted molar refractivity (Wildman–Crippen MR) is 127 cm³/mol. The minimum absolute atomic E-state index is 0.0879. The predicted octanol–water partition coefficient (Wildman–Crippen LogP) is 4.47. The normalized spacial score (nSPS) is 11.0. The zero-order chi connectivity index (χ0) is 23.8. The Hall–Kier alpha value is -4.72. The first-order valence-electron chi connectivity index (χ1n) is 10.4. The Balaban J connectivity index is 1.44. The Labute approximate surface area is 195 Å². The lowest BCUT2D eigenvalue weighted by Crippen LogP contribution is -2.21. The summed E-state index contributed by atoms with van der Waals surface area (Å²) < 4.78 is 16.0. The van der Waals surface area contributed by atoms with E-state index in [9.17, 15) is 9.59 Å². The van der Waals surface area contributed by atoms with Crippen LogP contribution in [0.15, 0.2) is 89.3 Å². The fourth-order valence-electron chi connectivity index (χ4n) is 3.11. The van der Waals surface area contributed by atoms with Gasteiger partial charge in [-0.05, 0) is 41.5 Å². The number of aromatic nitrogens is 2. The maximum absolute atomic E-state index is 12.9. The molecule has 0 aliphatic carbocycles. The van der Waals surface area contributed by atoms with E-state index in [0.29, 0.717) is 16.9 Å². The molecular weight excluding hydrogens is 434 g/mol. The Morgan fingerprint density at radius 1 is 0.941 bits per heavy atom. The molecule has 4 rings (SSSR count). The summed E-state index contributed by atoms with van der Waals surface area (Å²) in [4.78, 5) is 25.2. The number of methoxy groups -OCH3 is 1.